The third kappa shape index (κ3) is 1.68. The third-order valence-corrected chi connectivity index (χ3v) is 2.29. The van der Waals surface area contributed by atoms with Crippen LogP contribution in [0, 0.1) is 0 Å². The van der Waals surface area contributed by atoms with E-state index in [-0.39, 0.29) is 0 Å². The van der Waals surface area contributed by atoms with Crippen LogP contribution in [0.1, 0.15) is 0 Å². The summed E-state index contributed by atoms with van der Waals surface area (Å²) < 4.78 is 1.20. The highest BCUT2D eigenvalue weighted by molar-refractivity contribution is 6.34. The van der Waals surface area contributed by atoms with Crippen molar-refractivity contribution in [2.45, 2.75) is 0 Å². The van der Waals surface area contributed by atoms with Crippen molar-refractivity contribution in [3.8, 4) is 0 Å². The predicted molar refractivity (Wildman–Crippen MR) is 52.5 cm³/mol. The summed E-state index contributed by atoms with van der Waals surface area (Å²) in [6.45, 7) is 0. The number of fused-ring (bicyclic) bond motifs is 1. The normalized spacial score (nSPS) is 13.9. The molecule has 6 heteroatoms. The summed E-state index contributed by atoms with van der Waals surface area (Å²) in [5, 5.41) is 6.44. The molecular weight excluding hydrogens is 232 g/mol. The molecule has 1 N–H and O–H groups in total. The first-order chi connectivity index (χ1) is 6.16. The number of nitrogens with one attached hydrogen (secondary N) is 1. The van der Waals surface area contributed by atoms with E-state index < -0.39 is 0 Å². The Morgan fingerprint density at radius 1 is 1.31 bits per heavy atom. The molecule has 68 valence electrons. The molecule has 0 aromatic heterocycles. The van der Waals surface area contributed by atoms with Crippen LogP contribution in [-0.4, -0.2) is 4.53 Å². The molecule has 2 rings (SSSR count). The number of halogens is 3. The molecule has 1 aliphatic rings. The smallest absolute Gasteiger partial charge is 0.0967 e. The van der Waals surface area contributed by atoms with E-state index in [0.29, 0.717) is 15.4 Å². The van der Waals surface area contributed by atoms with Crippen molar-refractivity contribution in [2.24, 2.45) is 5.10 Å². The highest BCUT2D eigenvalue weighted by atomic mass is 35.5. The molecule has 0 amide bonds. The van der Waals surface area contributed by atoms with Gasteiger partial charge >= 0.3 is 0 Å². The van der Waals surface area contributed by atoms with Crippen LogP contribution in [0.2, 0.25) is 10.0 Å². The fourth-order valence-corrected chi connectivity index (χ4v) is 1.70. The Bertz CT molecular complexity index is 457. The Balaban J connectivity index is 2.80. The number of rotatable bonds is 0. The van der Waals surface area contributed by atoms with Crippen molar-refractivity contribution in [1.82, 2.24) is 10.1 Å². The Morgan fingerprint density at radius 2 is 2.08 bits per heavy atom. The summed E-state index contributed by atoms with van der Waals surface area (Å²) in [4.78, 5) is 0. The molecule has 0 unspecified atom stereocenters. The zero-order chi connectivity index (χ0) is 9.42. The van der Waals surface area contributed by atoms with Crippen LogP contribution in [0.5, 0.6) is 0 Å². The van der Waals surface area contributed by atoms with Crippen molar-refractivity contribution in [2.75, 3.05) is 0 Å². The number of hydrazine groups is 1. The lowest BCUT2D eigenvalue weighted by Gasteiger charge is -2.12. The molecule has 1 aliphatic heterocycles. The average molecular weight is 236 g/mol. The Labute approximate surface area is 89.3 Å². The van der Waals surface area contributed by atoms with Gasteiger partial charge in [-0.15, -0.1) is 0 Å². The number of benzene rings is 1. The Morgan fingerprint density at radius 3 is 2.85 bits per heavy atom. The third-order valence-electron chi connectivity index (χ3n) is 1.58. The summed E-state index contributed by atoms with van der Waals surface area (Å²) in [5.41, 5.74) is 2.54. The molecular formula is C7H4Cl3N3. The molecule has 1 heterocycles. The standard InChI is InChI=1S/C7H4Cl3N3/c8-4-1-6(9)5-3-13(10)12-11-7(5)2-4/h1-3,12H. The minimum absolute atomic E-state index is 0.526. The van der Waals surface area contributed by atoms with Crippen molar-refractivity contribution in [3.05, 3.63) is 32.8 Å². The van der Waals surface area contributed by atoms with Gasteiger partial charge in [-0.1, -0.05) is 23.2 Å². The summed E-state index contributed by atoms with van der Waals surface area (Å²) in [7, 11) is 0. The second kappa shape index (κ2) is 3.25. The van der Waals surface area contributed by atoms with Gasteiger partial charge in [-0.05, 0) is 12.1 Å². The lowest BCUT2D eigenvalue weighted by Crippen LogP contribution is -2.38. The van der Waals surface area contributed by atoms with E-state index in [1.807, 2.05) is 0 Å². The molecule has 3 nitrogen and oxygen atoms in total. The molecule has 1 aromatic rings. The number of hydrogen-bond acceptors (Lipinski definition) is 3. The predicted octanol–water partition coefficient (Wildman–Crippen LogP) is 1.24. The Hall–Kier alpha value is -0.640. The van der Waals surface area contributed by atoms with Crippen LogP contribution >= 0.6 is 35.0 Å². The van der Waals surface area contributed by atoms with Crippen molar-refractivity contribution >= 4 is 41.2 Å². The first-order valence-corrected chi connectivity index (χ1v) is 4.51. The number of nitrogens with zero attached hydrogens (tertiary/aromatic N) is 2. The van der Waals surface area contributed by atoms with Crippen molar-refractivity contribution in [3.63, 3.8) is 0 Å². The lowest BCUT2D eigenvalue weighted by molar-refractivity contribution is 0.467. The van der Waals surface area contributed by atoms with Crippen molar-refractivity contribution in [1.29, 1.82) is 0 Å². The first-order valence-electron chi connectivity index (χ1n) is 3.42. The Kier molecular flexibility index (Phi) is 2.24. The van der Waals surface area contributed by atoms with E-state index in [4.69, 9.17) is 35.0 Å². The van der Waals surface area contributed by atoms with Crippen LogP contribution in [0.3, 0.4) is 0 Å². The summed E-state index contributed by atoms with van der Waals surface area (Å²) in [6.07, 6.45) is 1.63. The molecule has 0 spiro atoms. The maximum absolute atomic E-state index is 5.92. The fourth-order valence-electron chi connectivity index (χ4n) is 1.04. The van der Waals surface area contributed by atoms with E-state index in [0.717, 1.165) is 5.22 Å². The number of hydrogen-bond donors (Lipinski definition) is 1. The minimum Gasteiger partial charge on any atom is -0.203 e. The largest absolute Gasteiger partial charge is 0.203 e. The van der Waals surface area contributed by atoms with Gasteiger partial charge in [0.15, 0.2) is 0 Å². The zero-order valence-electron chi connectivity index (χ0n) is 6.26. The molecule has 0 radical (unpaired) electrons. The molecule has 0 saturated carbocycles. The van der Waals surface area contributed by atoms with Gasteiger partial charge in [-0.25, -0.2) is 5.53 Å². The molecule has 0 aliphatic carbocycles. The lowest BCUT2D eigenvalue weighted by atomic mass is 10.3. The van der Waals surface area contributed by atoms with E-state index in [2.05, 4.69) is 10.6 Å². The second-order valence-corrected chi connectivity index (χ2v) is 3.68. The van der Waals surface area contributed by atoms with Gasteiger partial charge in [0.2, 0.25) is 0 Å². The molecule has 0 atom stereocenters. The minimum atomic E-state index is 0.526. The summed E-state index contributed by atoms with van der Waals surface area (Å²) in [5.74, 6) is 0. The quantitative estimate of drug-likeness (QED) is 0.687. The average Bonchev–Trinajstić information content (AvgIpc) is 2.06. The topological polar surface area (TPSA) is 27.6 Å². The zero-order valence-corrected chi connectivity index (χ0v) is 8.53. The van der Waals surface area contributed by atoms with Gasteiger partial charge in [0.25, 0.3) is 0 Å². The van der Waals surface area contributed by atoms with Crippen LogP contribution in [0.4, 0.5) is 0 Å². The highest BCUT2D eigenvalue weighted by Crippen LogP contribution is 2.09. The van der Waals surface area contributed by atoms with Crippen LogP contribution in [0.15, 0.2) is 17.2 Å². The SMILES string of the molecule is Clc1cc(Cl)c2c(c1)=NNN(Cl)C=2. The van der Waals surface area contributed by atoms with E-state index in [1.165, 1.54) is 4.53 Å². The monoisotopic (exact) mass is 235 g/mol. The van der Waals surface area contributed by atoms with Gasteiger partial charge in [0, 0.05) is 22.0 Å². The van der Waals surface area contributed by atoms with Crippen molar-refractivity contribution < 1.29 is 0 Å². The van der Waals surface area contributed by atoms with Gasteiger partial charge < -0.3 is 0 Å². The summed E-state index contributed by atoms with van der Waals surface area (Å²) in [6, 6.07) is 3.35. The molecule has 13 heavy (non-hydrogen) atoms. The van der Waals surface area contributed by atoms with Gasteiger partial charge in [0.1, 0.15) is 0 Å². The maximum atomic E-state index is 5.92. The van der Waals surface area contributed by atoms with Crippen LogP contribution < -0.4 is 16.1 Å². The highest BCUT2D eigenvalue weighted by Gasteiger charge is 2.04. The van der Waals surface area contributed by atoms with E-state index in [1.54, 1.807) is 18.3 Å². The van der Waals surface area contributed by atoms with Crippen LogP contribution in [-0.2, 0) is 0 Å². The molecule has 0 saturated heterocycles. The van der Waals surface area contributed by atoms with Gasteiger partial charge in [-0.2, -0.15) is 9.63 Å². The molecule has 1 aromatic carbocycles. The second-order valence-electron chi connectivity index (χ2n) is 2.47. The van der Waals surface area contributed by atoms with E-state index in [9.17, 15) is 0 Å². The van der Waals surface area contributed by atoms with Gasteiger partial charge in [-0.3, -0.25) is 0 Å². The first kappa shape index (κ1) is 8.94. The van der Waals surface area contributed by atoms with Gasteiger partial charge in [0.05, 0.1) is 16.6 Å². The maximum Gasteiger partial charge on any atom is 0.0967 e. The van der Waals surface area contributed by atoms with Crippen LogP contribution in [0.25, 0.3) is 6.20 Å². The van der Waals surface area contributed by atoms with E-state index >= 15 is 0 Å². The summed E-state index contributed by atoms with van der Waals surface area (Å²) >= 11 is 17.3. The fraction of sp³-hybridized carbons (Fsp3) is 0. The molecule has 0 fully saturated rings. The molecule has 0 bridgehead atoms.